The minimum Gasteiger partial charge on any atom is -0.348 e. The minimum atomic E-state index is -0.0441. The first-order valence-corrected chi connectivity index (χ1v) is 13.8. The molecule has 0 saturated carbocycles. The van der Waals surface area contributed by atoms with Crippen LogP contribution >= 0.6 is 0 Å². The van der Waals surface area contributed by atoms with Gasteiger partial charge in [-0.15, -0.1) is 0 Å². The number of nitrogens with one attached hydrogen (secondary N) is 1. The van der Waals surface area contributed by atoms with Crippen LogP contribution in [0.4, 0.5) is 0 Å². The zero-order valence-corrected chi connectivity index (χ0v) is 22.3. The Morgan fingerprint density at radius 3 is 2.53 bits per heavy atom. The van der Waals surface area contributed by atoms with Gasteiger partial charge in [0.05, 0.1) is 5.52 Å². The lowest BCUT2D eigenvalue weighted by molar-refractivity contribution is -0.130. The van der Waals surface area contributed by atoms with E-state index in [1.165, 1.54) is 12.8 Å². The van der Waals surface area contributed by atoms with Gasteiger partial charge in [0.25, 0.3) is 5.91 Å². The zero-order valence-electron chi connectivity index (χ0n) is 22.3. The SMILES string of the molecule is CC(=O)N(C)C1CCCN(CCN2[C@@H]3CC[C@H]2C[C@H](NC(=O)c2nn(C(C)C)c4ccccc24)C3)C1. The summed E-state index contributed by atoms with van der Waals surface area (Å²) >= 11 is 0. The van der Waals surface area contributed by atoms with Gasteiger partial charge in [0.1, 0.15) is 0 Å². The Labute approximate surface area is 215 Å². The van der Waals surface area contributed by atoms with Crippen LogP contribution in [-0.2, 0) is 4.79 Å². The van der Waals surface area contributed by atoms with Crippen LogP contribution < -0.4 is 5.32 Å². The molecular formula is C28H42N6O2. The summed E-state index contributed by atoms with van der Waals surface area (Å²) in [6, 6.07) is 9.85. The van der Waals surface area contributed by atoms with Gasteiger partial charge in [-0.2, -0.15) is 5.10 Å². The molecule has 3 aliphatic rings. The number of amides is 2. The van der Waals surface area contributed by atoms with E-state index in [2.05, 4.69) is 29.0 Å². The van der Waals surface area contributed by atoms with Gasteiger partial charge in [0, 0.05) is 69.2 Å². The lowest BCUT2D eigenvalue weighted by atomic mass is 9.96. The number of aromatic nitrogens is 2. The van der Waals surface area contributed by atoms with Crippen molar-refractivity contribution in [1.29, 1.82) is 0 Å². The predicted octanol–water partition coefficient (Wildman–Crippen LogP) is 3.29. The van der Waals surface area contributed by atoms with Crippen molar-refractivity contribution in [3.63, 3.8) is 0 Å². The van der Waals surface area contributed by atoms with Crippen molar-refractivity contribution >= 4 is 22.7 Å². The van der Waals surface area contributed by atoms with Crippen LogP contribution in [-0.4, -0.2) is 93.7 Å². The number of para-hydroxylation sites is 1. The summed E-state index contributed by atoms with van der Waals surface area (Å²) in [6.45, 7) is 10.1. The molecule has 2 bridgehead atoms. The molecule has 0 aliphatic carbocycles. The van der Waals surface area contributed by atoms with Crippen molar-refractivity contribution in [2.24, 2.45) is 0 Å². The van der Waals surface area contributed by atoms with Gasteiger partial charge in [0.15, 0.2) is 5.69 Å². The lowest BCUT2D eigenvalue weighted by Crippen LogP contribution is -2.53. The molecule has 1 unspecified atom stereocenters. The summed E-state index contributed by atoms with van der Waals surface area (Å²) in [4.78, 5) is 32.3. The molecule has 8 nitrogen and oxygen atoms in total. The molecule has 5 rings (SSSR count). The van der Waals surface area contributed by atoms with Gasteiger partial charge in [-0.05, 0) is 65.0 Å². The first-order valence-electron chi connectivity index (χ1n) is 13.8. The second kappa shape index (κ2) is 10.5. The Kier molecular flexibility index (Phi) is 7.35. The first-order chi connectivity index (χ1) is 17.3. The van der Waals surface area contributed by atoms with E-state index in [-0.39, 0.29) is 23.9 Å². The quantitative estimate of drug-likeness (QED) is 0.640. The van der Waals surface area contributed by atoms with E-state index in [1.54, 1.807) is 6.92 Å². The van der Waals surface area contributed by atoms with Crippen molar-refractivity contribution in [3.05, 3.63) is 30.0 Å². The van der Waals surface area contributed by atoms with Crippen LogP contribution in [0.1, 0.15) is 75.8 Å². The van der Waals surface area contributed by atoms with Crippen molar-refractivity contribution in [2.45, 2.75) is 89.5 Å². The smallest absolute Gasteiger partial charge is 0.272 e. The fourth-order valence-electron chi connectivity index (χ4n) is 6.73. The maximum absolute atomic E-state index is 13.3. The van der Waals surface area contributed by atoms with Gasteiger partial charge >= 0.3 is 0 Å². The van der Waals surface area contributed by atoms with Gasteiger partial charge in [-0.3, -0.25) is 19.2 Å². The number of carbonyl (C=O) groups is 2. The summed E-state index contributed by atoms with van der Waals surface area (Å²) in [7, 11) is 1.94. The maximum Gasteiger partial charge on any atom is 0.272 e. The number of hydrogen-bond donors (Lipinski definition) is 1. The second-order valence-electron chi connectivity index (χ2n) is 11.4. The van der Waals surface area contributed by atoms with E-state index >= 15 is 0 Å². The van der Waals surface area contributed by atoms with Crippen molar-refractivity contribution in [1.82, 2.24) is 29.8 Å². The third-order valence-electron chi connectivity index (χ3n) is 8.74. The Hall–Kier alpha value is -2.45. The van der Waals surface area contributed by atoms with E-state index in [1.807, 2.05) is 40.9 Å². The highest BCUT2D eigenvalue weighted by Crippen LogP contribution is 2.36. The Morgan fingerprint density at radius 2 is 1.83 bits per heavy atom. The fourth-order valence-corrected chi connectivity index (χ4v) is 6.73. The molecule has 0 spiro atoms. The topological polar surface area (TPSA) is 73.7 Å². The number of piperidine rings is 2. The molecule has 1 aromatic carbocycles. The monoisotopic (exact) mass is 494 g/mol. The molecule has 3 saturated heterocycles. The molecule has 3 fully saturated rings. The molecule has 0 radical (unpaired) electrons. The van der Waals surface area contributed by atoms with Crippen LogP contribution in [0, 0.1) is 0 Å². The number of likely N-dealkylation sites (N-methyl/N-ethyl adjacent to an activating group) is 1. The number of benzene rings is 1. The van der Waals surface area contributed by atoms with E-state index < -0.39 is 0 Å². The molecule has 1 N–H and O–H groups in total. The van der Waals surface area contributed by atoms with Gasteiger partial charge < -0.3 is 15.1 Å². The lowest BCUT2D eigenvalue weighted by Gasteiger charge is -2.42. The number of rotatable bonds is 7. The Balaban J connectivity index is 1.17. The average molecular weight is 495 g/mol. The molecule has 4 atom stereocenters. The van der Waals surface area contributed by atoms with E-state index in [4.69, 9.17) is 5.10 Å². The highest BCUT2D eigenvalue weighted by molar-refractivity contribution is 6.05. The van der Waals surface area contributed by atoms with E-state index in [9.17, 15) is 9.59 Å². The normalized spacial score (nSPS) is 27.0. The van der Waals surface area contributed by atoms with Crippen molar-refractivity contribution in [2.75, 3.05) is 33.2 Å². The number of fused-ring (bicyclic) bond motifs is 3. The van der Waals surface area contributed by atoms with Crippen molar-refractivity contribution < 1.29 is 9.59 Å². The molecular weight excluding hydrogens is 452 g/mol. The number of nitrogens with zero attached hydrogens (tertiary/aromatic N) is 5. The summed E-state index contributed by atoms with van der Waals surface area (Å²) in [5, 5.41) is 8.97. The molecule has 8 heteroatoms. The van der Waals surface area contributed by atoms with Crippen LogP contribution in [0.2, 0.25) is 0 Å². The summed E-state index contributed by atoms with van der Waals surface area (Å²) in [6.07, 6.45) is 6.73. The molecule has 2 aromatic rings. The molecule has 4 heterocycles. The number of hydrogen-bond acceptors (Lipinski definition) is 5. The van der Waals surface area contributed by atoms with Gasteiger partial charge in [0.2, 0.25) is 5.91 Å². The van der Waals surface area contributed by atoms with E-state index in [0.717, 1.165) is 62.8 Å². The third-order valence-corrected chi connectivity index (χ3v) is 8.74. The van der Waals surface area contributed by atoms with E-state index in [0.29, 0.717) is 23.8 Å². The molecule has 3 aliphatic heterocycles. The number of carbonyl (C=O) groups excluding carboxylic acids is 2. The molecule has 36 heavy (non-hydrogen) atoms. The van der Waals surface area contributed by atoms with Crippen LogP contribution in [0.3, 0.4) is 0 Å². The predicted molar refractivity (Wildman–Crippen MR) is 142 cm³/mol. The van der Waals surface area contributed by atoms with Gasteiger partial charge in [-0.1, -0.05) is 18.2 Å². The molecule has 1 aromatic heterocycles. The van der Waals surface area contributed by atoms with Crippen molar-refractivity contribution in [3.8, 4) is 0 Å². The number of likely N-dealkylation sites (tertiary alicyclic amines) is 1. The zero-order chi connectivity index (χ0) is 25.4. The van der Waals surface area contributed by atoms with Crippen LogP contribution in [0.5, 0.6) is 0 Å². The van der Waals surface area contributed by atoms with Crippen LogP contribution in [0.15, 0.2) is 24.3 Å². The Bertz CT molecular complexity index is 1080. The summed E-state index contributed by atoms with van der Waals surface area (Å²) < 4.78 is 1.95. The summed E-state index contributed by atoms with van der Waals surface area (Å²) in [5.74, 6) is 0.116. The second-order valence-corrected chi connectivity index (χ2v) is 11.4. The third kappa shape index (κ3) is 5.02. The molecule has 196 valence electrons. The Morgan fingerprint density at radius 1 is 1.11 bits per heavy atom. The fraction of sp³-hybridized carbons (Fsp3) is 0.679. The average Bonchev–Trinajstić information content (AvgIpc) is 3.37. The standard InChI is InChI=1S/C28H42N6O2/c1-19(2)34-26-10-6-5-9-25(26)27(30-34)28(36)29-21-16-22-11-12-23(17-21)33(22)15-14-32-13-7-8-24(18-32)31(4)20(3)35/h5-6,9-10,19,21-24H,7-8,11-18H2,1-4H3,(H,29,36)/t21-,22-,23+,24?. The minimum absolute atomic E-state index is 0.0441. The van der Waals surface area contributed by atoms with Crippen LogP contribution in [0.25, 0.3) is 10.9 Å². The van der Waals surface area contributed by atoms with Gasteiger partial charge in [-0.25, -0.2) is 0 Å². The first kappa shape index (κ1) is 25.2. The highest BCUT2D eigenvalue weighted by atomic mass is 16.2. The molecule has 2 amide bonds. The largest absolute Gasteiger partial charge is 0.348 e. The highest BCUT2D eigenvalue weighted by Gasteiger charge is 2.41. The summed E-state index contributed by atoms with van der Waals surface area (Å²) in [5.41, 5.74) is 1.56. The maximum atomic E-state index is 13.3.